The lowest BCUT2D eigenvalue weighted by atomic mass is 10.4. The van der Waals surface area contributed by atoms with Gasteiger partial charge in [-0.2, -0.15) is 4.98 Å². The van der Waals surface area contributed by atoms with Crippen molar-refractivity contribution in [3.8, 4) is 0 Å². The lowest BCUT2D eigenvalue weighted by Crippen LogP contribution is -2.32. The zero-order chi connectivity index (χ0) is 15.2. The van der Waals surface area contributed by atoms with E-state index in [0.29, 0.717) is 31.8 Å². The molecule has 0 atom stereocenters. The maximum Gasteiger partial charge on any atom is 0.223 e. The number of hydrogen-bond donors (Lipinski definition) is 3. The standard InChI is InChI=1S/C12H20N6O2S/c1-21-11-9-10(15-12(13)16-11)18(8-14-9)3-2-17(4-6-19)5-7-20/h8,19-20H,2-7H2,1H3,(H2,13,15,16). The summed E-state index contributed by atoms with van der Waals surface area (Å²) < 4.78 is 1.91. The molecular weight excluding hydrogens is 292 g/mol. The van der Waals surface area contributed by atoms with Crippen LogP contribution in [0.25, 0.3) is 11.2 Å². The van der Waals surface area contributed by atoms with Crippen LogP contribution in [0.15, 0.2) is 11.4 Å². The topological polar surface area (TPSA) is 113 Å². The minimum absolute atomic E-state index is 0.0659. The minimum atomic E-state index is 0.0659. The van der Waals surface area contributed by atoms with E-state index < -0.39 is 0 Å². The Kier molecular flexibility index (Phi) is 5.74. The molecule has 9 heteroatoms. The van der Waals surface area contributed by atoms with Gasteiger partial charge in [-0.1, -0.05) is 0 Å². The van der Waals surface area contributed by atoms with Gasteiger partial charge >= 0.3 is 0 Å². The highest BCUT2D eigenvalue weighted by atomic mass is 32.2. The molecule has 0 saturated heterocycles. The van der Waals surface area contributed by atoms with Crippen molar-refractivity contribution >= 4 is 28.9 Å². The molecule has 0 aromatic carbocycles. The molecule has 0 saturated carbocycles. The van der Waals surface area contributed by atoms with E-state index >= 15 is 0 Å². The minimum Gasteiger partial charge on any atom is -0.395 e. The van der Waals surface area contributed by atoms with E-state index in [0.717, 1.165) is 10.5 Å². The molecule has 2 aromatic rings. The Labute approximate surface area is 127 Å². The van der Waals surface area contributed by atoms with E-state index in [1.807, 2.05) is 15.7 Å². The van der Waals surface area contributed by atoms with Gasteiger partial charge in [-0.25, -0.2) is 9.97 Å². The molecule has 0 aliphatic carbocycles. The number of imidazole rings is 1. The lowest BCUT2D eigenvalue weighted by molar-refractivity contribution is 0.157. The summed E-state index contributed by atoms with van der Waals surface area (Å²) in [7, 11) is 0. The molecule has 0 spiro atoms. The molecule has 2 aromatic heterocycles. The average molecular weight is 312 g/mol. The largest absolute Gasteiger partial charge is 0.395 e. The molecule has 2 rings (SSSR count). The number of rotatable bonds is 8. The predicted octanol–water partition coefficient (Wildman–Crippen LogP) is -0.583. The number of nitrogens with zero attached hydrogens (tertiary/aromatic N) is 5. The number of nitrogens with two attached hydrogens (primary N) is 1. The fourth-order valence-electron chi connectivity index (χ4n) is 2.11. The molecule has 116 valence electrons. The van der Waals surface area contributed by atoms with Crippen LogP contribution in [0, 0.1) is 0 Å². The molecule has 8 nitrogen and oxygen atoms in total. The summed E-state index contributed by atoms with van der Waals surface area (Å²) in [6.07, 6.45) is 3.64. The van der Waals surface area contributed by atoms with Crippen LogP contribution < -0.4 is 5.73 Å². The van der Waals surface area contributed by atoms with Crippen molar-refractivity contribution in [3.05, 3.63) is 6.33 Å². The fourth-order valence-corrected chi connectivity index (χ4v) is 2.63. The number of thioether (sulfide) groups is 1. The first-order valence-electron chi connectivity index (χ1n) is 6.66. The highest BCUT2D eigenvalue weighted by molar-refractivity contribution is 7.98. The van der Waals surface area contributed by atoms with Gasteiger partial charge in [0.15, 0.2) is 5.65 Å². The van der Waals surface area contributed by atoms with Gasteiger partial charge in [0.05, 0.1) is 19.5 Å². The molecule has 0 unspecified atom stereocenters. The van der Waals surface area contributed by atoms with Crippen LogP contribution >= 0.6 is 11.8 Å². The highest BCUT2D eigenvalue weighted by Gasteiger charge is 2.12. The molecule has 2 heterocycles. The van der Waals surface area contributed by atoms with E-state index in [2.05, 4.69) is 15.0 Å². The van der Waals surface area contributed by atoms with E-state index in [1.54, 1.807) is 6.33 Å². The number of hydrogen-bond acceptors (Lipinski definition) is 8. The second kappa shape index (κ2) is 7.55. The highest BCUT2D eigenvalue weighted by Crippen LogP contribution is 2.22. The van der Waals surface area contributed by atoms with Crippen LogP contribution in [0.5, 0.6) is 0 Å². The van der Waals surface area contributed by atoms with E-state index in [1.165, 1.54) is 11.8 Å². The van der Waals surface area contributed by atoms with Gasteiger partial charge in [0.2, 0.25) is 5.95 Å². The molecule has 0 aliphatic heterocycles. The van der Waals surface area contributed by atoms with Crippen molar-refractivity contribution in [2.24, 2.45) is 0 Å². The Morgan fingerprint density at radius 2 is 1.95 bits per heavy atom. The van der Waals surface area contributed by atoms with Crippen LogP contribution in [-0.4, -0.2) is 73.7 Å². The number of nitrogen functional groups attached to an aromatic ring is 1. The zero-order valence-electron chi connectivity index (χ0n) is 11.9. The van der Waals surface area contributed by atoms with Crippen molar-refractivity contribution < 1.29 is 10.2 Å². The van der Waals surface area contributed by atoms with E-state index in [-0.39, 0.29) is 19.2 Å². The van der Waals surface area contributed by atoms with Gasteiger partial charge in [0, 0.05) is 26.2 Å². The number of aromatic nitrogens is 4. The number of anilines is 1. The summed E-state index contributed by atoms with van der Waals surface area (Å²) in [4.78, 5) is 14.7. The van der Waals surface area contributed by atoms with Gasteiger partial charge in [-0.3, -0.25) is 4.90 Å². The van der Waals surface area contributed by atoms with Crippen molar-refractivity contribution in [2.75, 3.05) is 44.8 Å². The first-order chi connectivity index (χ1) is 10.2. The number of aliphatic hydroxyl groups is 2. The second-order valence-electron chi connectivity index (χ2n) is 4.49. The van der Waals surface area contributed by atoms with Crippen molar-refractivity contribution in [2.45, 2.75) is 11.6 Å². The molecule has 0 bridgehead atoms. The smallest absolute Gasteiger partial charge is 0.223 e. The SMILES string of the molecule is CSc1nc(N)nc2c1ncn2CCN(CCO)CCO. The summed E-state index contributed by atoms with van der Waals surface area (Å²) in [5.74, 6) is 0.233. The summed E-state index contributed by atoms with van der Waals surface area (Å²) in [5.41, 5.74) is 7.18. The molecule has 21 heavy (non-hydrogen) atoms. The van der Waals surface area contributed by atoms with Gasteiger partial charge in [-0.15, -0.1) is 11.8 Å². The zero-order valence-corrected chi connectivity index (χ0v) is 12.8. The molecule has 0 aliphatic rings. The van der Waals surface area contributed by atoms with E-state index in [4.69, 9.17) is 15.9 Å². The summed E-state index contributed by atoms with van der Waals surface area (Å²) in [6, 6.07) is 0. The first-order valence-corrected chi connectivity index (χ1v) is 7.88. The van der Waals surface area contributed by atoms with Crippen molar-refractivity contribution in [1.82, 2.24) is 24.4 Å². The van der Waals surface area contributed by atoms with E-state index in [9.17, 15) is 0 Å². The Balaban J connectivity index is 2.17. The predicted molar refractivity (Wildman–Crippen MR) is 82.1 cm³/mol. The van der Waals surface area contributed by atoms with Crippen molar-refractivity contribution in [3.63, 3.8) is 0 Å². The fraction of sp³-hybridized carbons (Fsp3) is 0.583. The van der Waals surface area contributed by atoms with Gasteiger partial charge in [0.25, 0.3) is 0 Å². The summed E-state index contributed by atoms with van der Waals surface area (Å²) >= 11 is 1.48. The monoisotopic (exact) mass is 312 g/mol. The quantitative estimate of drug-likeness (QED) is 0.438. The van der Waals surface area contributed by atoms with Gasteiger partial charge in [0.1, 0.15) is 10.5 Å². The molecular formula is C12H20N6O2S. The molecule has 4 N–H and O–H groups in total. The second-order valence-corrected chi connectivity index (χ2v) is 5.29. The first kappa shape index (κ1) is 16.0. The van der Waals surface area contributed by atoms with Crippen LogP contribution in [0.3, 0.4) is 0 Å². The maximum atomic E-state index is 9.01. The Bertz CT molecular complexity index is 584. The van der Waals surface area contributed by atoms with Crippen molar-refractivity contribution in [1.29, 1.82) is 0 Å². The normalized spacial score (nSPS) is 11.6. The van der Waals surface area contributed by atoms with Gasteiger partial charge < -0.3 is 20.5 Å². The Morgan fingerprint density at radius 1 is 1.24 bits per heavy atom. The molecule has 0 fully saturated rings. The summed E-state index contributed by atoms with van der Waals surface area (Å²) in [6.45, 7) is 2.53. The third-order valence-corrected chi connectivity index (χ3v) is 3.80. The van der Waals surface area contributed by atoms with Crippen LogP contribution in [0.2, 0.25) is 0 Å². The van der Waals surface area contributed by atoms with Crippen LogP contribution in [-0.2, 0) is 6.54 Å². The average Bonchev–Trinajstić information content (AvgIpc) is 2.87. The Morgan fingerprint density at radius 3 is 2.57 bits per heavy atom. The number of fused-ring (bicyclic) bond motifs is 1. The molecule has 0 amide bonds. The third-order valence-electron chi connectivity index (χ3n) is 3.13. The number of aliphatic hydroxyl groups excluding tert-OH is 2. The summed E-state index contributed by atoms with van der Waals surface area (Å²) in [5, 5.41) is 18.8. The Hall–Kier alpha value is -1.42. The van der Waals surface area contributed by atoms with Crippen LogP contribution in [0.4, 0.5) is 5.95 Å². The lowest BCUT2D eigenvalue weighted by Gasteiger charge is -2.20. The van der Waals surface area contributed by atoms with Crippen LogP contribution in [0.1, 0.15) is 0 Å². The van der Waals surface area contributed by atoms with Gasteiger partial charge in [-0.05, 0) is 6.26 Å². The third kappa shape index (κ3) is 3.82. The molecule has 0 radical (unpaired) electrons. The maximum absolute atomic E-state index is 9.01.